The SMILES string of the molecule is CC(CC(O)c1ccco1)NC(=O)NCc1csc(N(C)C)n1. The van der Waals surface area contributed by atoms with Crippen LogP contribution in [0.1, 0.15) is 30.9 Å². The van der Waals surface area contributed by atoms with Gasteiger partial charge < -0.3 is 25.1 Å². The van der Waals surface area contributed by atoms with E-state index in [-0.39, 0.29) is 12.1 Å². The van der Waals surface area contributed by atoms with Crippen molar-refractivity contribution in [1.29, 1.82) is 0 Å². The Morgan fingerprint density at radius 1 is 1.52 bits per heavy atom. The molecule has 2 unspecified atom stereocenters. The number of hydrogen-bond acceptors (Lipinski definition) is 6. The highest BCUT2D eigenvalue weighted by molar-refractivity contribution is 7.13. The average Bonchev–Trinajstić information content (AvgIpc) is 3.16. The Bertz CT molecular complexity index is 612. The molecule has 2 atom stereocenters. The van der Waals surface area contributed by atoms with Crippen LogP contribution in [0.4, 0.5) is 9.93 Å². The topological polar surface area (TPSA) is 90.6 Å². The number of nitrogens with one attached hydrogen (secondary N) is 2. The Labute approximate surface area is 139 Å². The fraction of sp³-hybridized carbons (Fsp3) is 0.467. The number of thiazole rings is 1. The summed E-state index contributed by atoms with van der Waals surface area (Å²) in [6, 6.07) is 2.95. The van der Waals surface area contributed by atoms with Crippen molar-refractivity contribution < 1.29 is 14.3 Å². The Balaban J connectivity index is 1.73. The molecule has 126 valence electrons. The van der Waals surface area contributed by atoms with E-state index in [9.17, 15) is 9.90 Å². The van der Waals surface area contributed by atoms with Crippen molar-refractivity contribution in [3.05, 3.63) is 35.2 Å². The molecule has 3 N–H and O–H groups in total. The predicted octanol–water partition coefficient (Wildman–Crippen LogP) is 2.11. The van der Waals surface area contributed by atoms with Gasteiger partial charge in [0.2, 0.25) is 0 Å². The van der Waals surface area contributed by atoms with Gasteiger partial charge in [-0.25, -0.2) is 9.78 Å². The Hall–Kier alpha value is -2.06. The highest BCUT2D eigenvalue weighted by atomic mass is 32.1. The molecule has 2 aromatic rings. The zero-order valence-corrected chi connectivity index (χ0v) is 14.3. The fourth-order valence-electron chi connectivity index (χ4n) is 2.02. The van der Waals surface area contributed by atoms with Crippen LogP contribution in [-0.4, -0.2) is 36.3 Å². The molecular weight excluding hydrogens is 316 g/mol. The third-order valence-electron chi connectivity index (χ3n) is 3.18. The van der Waals surface area contributed by atoms with Crippen LogP contribution >= 0.6 is 11.3 Å². The van der Waals surface area contributed by atoms with Crippen molar-refractivity contribution in [2.45, 2.75) is 32.0 Å². The zero-order valence-electron chi connectivity index (χ0n) is 13.4. The van der Waals surface area contributed by atoms with Crippen LogP contribution in [0, 0.1) is 0 Å². The van der Waals surface area contributed by atoms with Crippen molar-refractivity contribution in [3.8, 4) is 0 Å². The van der Waals surface area contributed by atoms with Gasteiger partial charge in [0.05, 0.1) is 18.5 Å². The Morgan fingerprint density at radius 2 is 2.30 bits per heavy atom. The smallest absolute Gasteiger partial charge is 0.315 e. The van der Waals surface area contributed by atoms with Crippen LogP contribution in [0.25, 0.3) is 0 Å². The molecule has 2 amide bonds. The molecule has 0 saturated heterocycles. The molecule has 0 aromatic carbocycles. The molecule has 0 aliphatic rings. The highest BCUT2D eigenvalue weighted by Crippen LogP contribution is 2.19. The number of carbonyl (C=O) groups is 1. The maximum absolute atomic E-state index is 11.9. The Kier molecular flexibility index (Phi) is 6.00. The van der Waals surface area contributed by atoms with Crippen LogP contribution in [0.2, 0.25) is 0 Å². The van der Waals surface area contributed by atoms with Gasteiger partial charge in [0.25, 0.3) is 0 Å². The molecular formula is C15H22N4O3S. The largest absolute Gasteiger partial charge is 0.467 e. The second-order valence-electron chi connectivity index (χ2n) is 5.51. The molecule has 8 heteroatoms. The summed E-state index contributed by atoms with van der Waals surface area (Å²) in [5.74, 6) is 0.498. The van der Waals surface area contributed by atoms with Gasteiger partial charge in [-0.1, -0.05) is 0 Å². The molecule has 0 fully saturated rings. The van der Waals surface area contributed by atoms with Crippen LogP contribution in [0.5, 0.6) is 0 Å². The number of aromatic nitrogens is 1. The van der Waals surface area contributed by atoms with Gasteiger partial charge in [-0.05, 0) is 19.1 Å². The molecule has 23 heavy (non-hydrogen) atoms. The lowest BCUT2D eigenvalue weighted by molar-refractivity contribution is 0.129. The number of furan rings is 1. The molecule has 0 spiro atoms. The van der Waals surface area contributed by atoms with Crippen LogP contribution < -0.4 is 15.5 Å². The molecule has 0 radical (unpaired) electrons. The summed E-state index contributed by atoms with van der Waals surface area (Å²) in [6.07, 6.45) is 1.16. The lowest BCUT2D eigenvalue weighted by atomic mass is 10.1. The summed E-state index contributed by atoms with van der Waals surface area (Å²) in [5, 5.41) is 18.3. The predicted molar refractivity (Wildman–Crippen MR) is 89.6 cm³/mol. The number of nitrogens with zero attached hydrogens (tertiary/aromatic N) is 2. The first-order chi connectivity index (χ1) is 11.0. The van der Waals surface area contributed by atoms with E-state index >= 15 is 0 Å². The number of anilines is 1. The van der Waals surface area contributed by atoms with E-state index in [4.69, 9.17) is 4.42 Å². The van der Waals surface area contributed by atoms with Crippen molar-refractivity contribution in [2.24, 2.45) is 0 Å². The van der Waals surface area contributed by atoms with Gasteiger partial charge in [-0.3, -0.25) is 0 Å². The van der Waals surface area contributed by atoms with E-state index in [0.717, 1.165) is 10.8 Å². The molecule has 0 bridgehead atoms. The summed E-state index contributed by atoms with van der Waals surface area (Å²) < 4.78 is 5.14. The quantitative estimate of drug-likeness (QED) is 0.719. The maximum Gasteiger partial charge on any atom is 0.315 e. The van der Waals surface area contributed by atoms with Gasteiger partial charge in [-0.2, -0.15) is 0 Å². The summed E-state index contributed by atoms with van der Waals surface area (Å²) in [5.41, 5.74) is 0.817. The third kappa shape index (κ3) is 5.26. The number of carbonyl (C=O) groups excluding carboxylic acids is 1. The third-order valence-corrected chi connectivity index (χ3v) is 4.24. The van der Waals surface area contributed by atoms with E-state index in [0.29, 0.717) is 18.7 Å². The number of rotatable bonds is 7. The minimum absolute atomic E-state index is 0.192. The number of urea groups is 1. The zero-order chi connectivity index (χ0) is 16.8. The second-order valence-corrected chi connectivity index (χ2v) is 6.35. The van der Waals surface area contributed by atoms with E-state index in [1.54, 1.807) is 12.1 Å². The monoisotopic (exact) mass is 338 g/mol. The van der Waals surface area contributed by atoms with Crippen LogP contribution in [-0.2, 0) is 6.54 Å². The standard InChI is InChI=1S/C15H22N4O3S/c1-10(7-12(20)13-5-4-6-22-13)17-14(21)16-8-11-9-23-15(18-11)19(2)3/h4-6,9-10,12,20H,7-8H2,1-3H3,(H2,16,17,21). The minimum atomic E-state index is -0.735. The van der Waals surface area contributed by atoms with Crippen molar-refractivity contribution in [3.63, 3.8) is 0 Å². The number of aliphatic hydroxyl groups excluding tert-OH is 1. The second kappa shape index (κ2) is 7.98. The molecule has 0 saturated carbocycles. The first-order valence-corrected chi connectivity index (χ1v) is 8.21. The molecule has 0 aliphatic carbocycles. The Morgan fingerprint density at radius 3 is 2.91 bits per heavy atom. The maximum atomic E-state index is 11.9. The summed E-state index contributed by atoms with van der Waals surface area (Å²) in [6.45, 7) is 2.20. The molecule has 0 aliphatic heterocycles. The van der Waals surface area contributed by atoms with Crippen molar-refractivity contribution in [2.75, 3.05) is 19.0 Å². The van der Waals surface area contributed by atoms with E-state index < -0.39 is 6.10 Å². The van der Waals surface area contributed by atoms with Crippen molar-refractivity contribution >= 4 is 22.5 Å². The van der Waals surface area contributed by atoms with Gasteiger partial charge >= 0.3 is 6.03 Å². The molecule has 2 aromatic heterocycles. The number of amides is 2. The molecule has 2 heterocycles. The summed E-state index contributed by atoms with van der Waals surface area (Å²) in [4.78, 5) is 18.2. The summed E-state index contributed by atoms with van der Waals surface area (Å²) in [7, 11) is 3.85. The van der Waals surface area contributed by atoms with Crippen LogP contribution in [0.3, 0.4) is 0 Å². The molecule has 7 nitrogen and oxygen atoms in total. The summed E-state index contributed by atoms with van der Waals surface area (Å²) >= 11 is 1.53. The van der Waals surface area contributed by atoms with Gasteiger partial charge in [-0.15, -0.1) is 11.3 Å². The lowest BCUT2D eigenvalue weighted by Crippen LogP contribution is -2.41. The molecule has 2 rings (SSSR count). The van der Waals surface area contributed by atoms with Crippen LogP contribution in [0.15, 0.2) is 28.2 Å². The number of hydrogen-bond donors (Lipinski definition) is 3. The van der Waals surface area contributed by atoms with Gasteiger partial charge in [0.15, 0.2) is 5.13 Å². The highest BCUT2D eigenvalue weighted by Gasteiger charge is 2.16. The van der Waals surface area contributed by atoms with E-state index in [1.165, 1.54) is 17.6 Å². The normalized spacial score (nSPS) is 13.4. The van der Waals surface area contributed by atoms with Gasteiger partial charge in [0, 0.05) is 31.9 Å². The lowest BCUT2D eigenvalue weighted by Gasteiger charge is -2.17. The van der Waals surface area contributed by atoms with Crippen molar-refractivity contribution in [1.82, 2.24) is 15.6 Å². The first kappa shape index (κ1) is 17.3. The number of aliphatic hydroxyl groups is 1. The average molecular weight is 338 g/mol. The minimum Gasteiger partial charge on any atom is -0.467 e. The van der Waals surface area contributed by atoms with E-state index in [1.807, 2.05) is 31.3 Å². The fourth-order valence-corrected chi connectivity index (χ4v) is 2.78. The first-order valence-electron chi connectivity index (χ1n) is 7.33. The van der Waals surface area contributed by atoms with Gasteiger partial charge in [0.1, 0.15) is 11.9 Å². The van der Waals surface area contributed by atoms with E-state index in [2.05, 4.69) is 15.6 Å².